The van der Waals surface area contributed by atoms with E-state index in [1.54, 1.807) is 7.11 Å². The van der Waals surface area contributed by atoms with Crippen molar-refractivity contribution in [3.8, 4) is 5.75 Å². The Hall–Kier alpha value is -0.580. The zero-order valence-corrected chi connectivity index (χ0v) is 13.7. The molecule has 112 valence electrons. The number of unbranched alkanes of at least 4 members (excludes halogenated alkanes) is 2. The van der Waals surface area contributed by atoms with E-state index < -0.39 is 0 Å². The Bertz CT molecular complexity index is 411. The number of rotatable bonds is 7. The molecule has 0 bridgehead atoms. The summed E-state index contributed by atoms with van der Waals surface area (Å²) in [5, 5.41) is 3.68. The first-order chi connectivity index (χ1) is 9.81. The first-order valence-corrected chi connectivity index (χ1v) is 8.25. The first-order valence-electron chi connectivity index (χ1n) is 7.46. The highest BCUT2D eigenvalue weighted by Crippen LogP contribution is 2.33. The van der Waals surface area contributed by atoms with Gasteiger partial charge in [0.2, 0.25) is 0 Å². The Morgan fingerprint density at radius 2 is 2.25 bits per heavy atom. The van der Waals surface area contributed by atoms with Crippen molar-refractivity contribution in [2.24, 2.45) is 0 Å². The number of fused-ring (bicyclic) bond motifs is 1. The average molecular weight is 342 g/mol. The van der Waals surface area contributed by atoms with Gasteiger partial charge in [0.1, 0.15) is 5.75 Å². The third-order valence-corrected chi connectivity index (χ3v) is 4.15. The average Bonchev–Trinajstić information content (AvgIpc) is 2.64. The van der Waals surface area contributed by atoms with Crippen LogP contribution >= 0.6 is 15.9 Å². The standard InChI is InChI=1S/C16H24BrNO2/c1-19-10-4-2-3-9-18-15-6-5-11-20-16-12-13(17)7-8-14(15)16/h7-8,12,15,18H,2-6,9-11H2,1H3. The molecular weight excluding hydrogens is 318 g/mol. The molecule has 0 radical (unpaired) electrons. The Balaban J connectivity index is 1.85. The molecule has 0 saturated heterocycles. The fourth-order valence-corrected chi connectivity index (χ4v) is 2.92. The van der Waals surface area contributed by atoms with E-state index in [1.807, 2.05) is 0 Å². The van der Waals surface area contributed by atoms with Crippen LogP contribution in [0.2, 0.25) is 0 Å². The number of methoxy groups -OCH3 is 1. The fourth-order valence-electron chi connectivity index (χ4n) is 2.58. The summed E-state index contributed by atoms with van der Waals surface area (Å²) < 4.78 is 12.0. The minimum absolute atomic E-state index is 0.419. The minimum Gasteiger partial charge on any atom is -0.493 e. The molecule has 1 unspecified atom stereocenters. The van der Waals surface area contributed by atoms with Crippen LogP contribution in [0.25, 0.3) is 0 Å². The molecule has 1 atom stereocenters. The van der Waals surface area contributed by atoms with Crippen LogP contribution in [0, 0.1) is 0 Å². The molecule has 0 spiro atoms. The molecule has 1 aromatic rings. The lowest BCUT2D eigenvalue weighted by atomic mass is 10.0. The number of halogens is 1. The van der Waals surface area contributed by atoms with Crippen LogP contribution in [0.5, 0.6) is 5.75 Å². The van der Waals surface area contributed by atoms with Gasteiger partial charge in [-0.25, -0.2) is 0 Å². The molecule has 0 aliphatic carbocycles. The lowest BCUT2D eigenvalue weighted by Crippen LogP contribution is -2.22. The first kappa shape index (κ1) is 15.8. The maximum atomic E-state index is 5.83. The summed E-state index contributed by atoms with van der Waals surface area (Å²) in [6.07, 6.45) is 5.82. The van der Waals surface area contributed by atoms with Crippen LogP contribution in [0.4, 0.5) is 0 Å². The largest absolute Gasteiger partial charge is 0.493 e. The van der Waals surface area contributed by atoms with E-state index >= 15 is 0 Å². The van der Waals surface area contributed by atoms with Crippen molar-refractivity contribution in [1.82, 2.24) is 5.32 Å². The van der Waals surface area contributed by atoms with Gasteiger partial charge in [-0.3, -0.25) is 0 Å². The summed E-state index contributed by atoms with van der Waals surface area (Å²) in [6, 6.07) is 6.77. The molecule has 0 saturated carbocycles. The highest BCUT2D eigenvalue weighted by Gasteiger charge is 2.19. The molecule has 1 aliphatic rings. The van der Waals surface area contributed by atoms with Crippen LogP contribution in [-0.4, -0.2) is 26.9 Å². The summed E-state index contributed by atoms with van der Waals surface area (Å²) in [5.74, 6) is 1.02. The second-order valence-electron chi connectivity index (χ2n) is 5.23. The van der Waals surface area contributed by atoms with E-state index in [4.69, 9.17) is 9.47 Å². The van der Waals surface area contributed by atoms with Crippen LogP contribution in [-0.2, 0) is 4.74 Å². The minimum atomic E-state index is 0.419. The van der Waals surface area contributed by atoms with Gasteiger partial charge in [0.05, 0.1) is 6.61 Å². The number of nitrogens with one attached hydrogen (secondary N) is 1. The van der Waals surface area contributed by atoms with E-state index in [9.17, 15) is 0 Å². The Morgan fingerprint density at radius 1 is 1.35 bits per heavy atom. The van der Waals surface area contributed by atoms with Gasteiger partial charge in [0.15, 0.2) is 0 Å². The second-order valence-corrected chi connectivity index (χ2v) is 6.15. The zero-order chi connectivity index (χ0) is 14.2. The molecule has 2 rings (SSSR count). The number of benzene rings is 1. The normalized spacial score (nSPS) is 18.2. The molecule has 0 amide bonds. The van der Waals surface area contributed by atoms with Crippen molar-refractivity contribution in [2.75, 3.05) is 26.9 Å². The van der Waals surface area contributed by atoms with Gasteiger partial charge in [-0.2, -0.15) is 0 Å². The fraction of sp³-hybridized carbons (Fsp3) is 0.625. The van der Waals surface area contributed by atoms with Crippen LogP contribution in [0.15, 0.2) is 22.7 Å². The van der Waals surface area contributed by atoms with Crippen LogP contribution in [0.3, 0.4) is 0 Å². The lowest BCUT2D eigenvalue weighted by molar-refractivity contribution is 0.192. The maximum absolute atomic E-state index is 5.83. The van der Waals surface area contributed by atoms with Gasteiger partial charge in [-0.1, -0.05) is 22.0 Å². The molecule has 1 heterocycles. The molecular formula is C16H24BrNO2. The monoisotopic (exact) mass is 341 g/mol. The van der Waals surface area contributed by atoms with Gasteiger partial charge in [-0.15, -0.1) is 0 Å². The van der Waals surface area contributed by atoms with E-state index in [0.717, 1.165) is 49.2 Å². The van der Waals surface area contributed by atoms with Crippen molar-refractivity contribution < 1.29 is 9.47 Å². The van der Waals surface area contributed by atoms with Crippen LogP contribution < -0.4 is 10.1 Å². The Morgan fingerprint density at radius 3 is 3.10 bits per heavy atom. The van der Waals surface area contributed by atoms with Crippen molar-refractivity contribution in [3.63, 3.8) is 0 Å². The van der Waals surface area contributed by atoms with Crippen LogP contribution in [0.1, 0.15) is 43.7 Å². The third-order valence-electron chi connectivity index (χ3n) is 3.66. The smallest absolute Gasteiger partial charge is 0.125 e. The summed E-state index contributed by atoms with van der Waals surface area (Å²) in [4.78, 5) is 0. The van der Waals surface area contributed by atoms with E-state index in [2.05, 4.69) is 39.4 Å². The predicted molar refractivity (Wildman–Crippen MR) is 85.3 cm³/mol. The van der Waals surface area contributed by atoms with Gasteiger partial charge >= 0.3 is 0 Å². The molecule has 0 fully saturated rings. The van der Waals surface area contributed by atoms with Crippen molar-refractivity contribution in [1.29, 1.82) is 0 Å². The molecule has 3 nitrogen and oxygen atoms in total. The van der Waals surface area contributed by atoms with Crippen molar-refractivity contribution in [3.05, 3.63) is 28.2 Å². The number of hydrogen-bond acceptors (Lipinski definition) is 3. The Kier molecular flexibility index (Phi) is 6.83. The summed E-state index contributed by atoms with van der Waals surface area (Å²) >= 11 is 3.51. The predicted octanol–water partition coefficient (Wildman–Crippen LogP) is 4.07. The van der Waals surface area contributed by atoms with Gasteiger partial charge in [-0.05, 0) is 50.8 Å². The highest BCUT2D eigenvalue weighted by atomic mass is 79.9. The van der Waals surface area contributed by atoms with Crippen molar-refractivity contribution >= 4 is 15.9 Å². The van der Waals surface area contributed by atoms with E-state index in [1.165, 1.54) is 18.4 Å². The molecule has 4 heteroatoms. The maximum Gasteiger partial charge on any atom is 0.125 e. The summed E-state index contributed by atoms with van der Waals surface area (Å²) in [7, 11) is 1.76. The lowest BCUT2D eigenvalue weighted by Gasteiger charge is -2.18. The van der Waals surface area contributed by atoms with Gasteiger partial charge < -0.3 is 14.8 Å². The topological polar surface area (TPSA) is 30.5 Å². The number of ether oxygens (including phenoxy) is 2. The van der Waals surface area contributed by atoms with E-state index in [0.29, 0.717) is 6.04 Å². The molecule has 1 aromatic carbocycles. The zero-order valence-electron chi connectivity index (χ0n) is 12.2. The number of hydrogen-bond donors (Lipinski definition) is 1. The molecule has 1 N–H and O–H groups in total. The third kappa shape index (κ3) is 4.76. The molecule has 1 aliphatic heterocycles. The van der Waals surface area contributed by atoms with Crippen molar-refractivity contribution in [2.45, 2.75) is 38.1 Å². The van der Waals surface area contributed by atoms with Gasteiger partial charge in [0.25, 0.3) is 0 Å². The van der Waals surface area contributed by atoms with E-state index in [-0.39, 0.29) is 0 Å². The van der Waals surface area contributed by atoms with Gasteiger partial charge in [0, 0.05) is 29.8 Å². The molecule has 20 heavy (non-hydrogen) atoms. The molecule has 0 aromatic heterocycles. The summed E-state index contributed by atoms with van der Waals surface area (Å²) in [6.45, 7) is 2.74. The summed E-state index contributed by atoms with van der Waals surface area (Å²) in [5.41, 5.74) is 1.29. The Labute approximate surface area is 130 Å². The quantitative estimate of drug-likeness (QED) is 0.758. The SMILES string of the molecule is COCCCCCNC1CCCOc2cc(Br)ccc21. The highest BCUT2D eigenvalue weighted by molar-refractivity contribution is 9.10. The second kappa shape index (κ2) is 8.65.